The van der Waals surface area contributed by atoms with Crippen LogP contribution in [0.15, 0.2) is 60.7 Å². The normalized spacial score (nSPS) is 20.1. The molecule has 4 rings (SSSR count). The van der Waals surface area contributed by atoms with E-state index in [1.165, 1.54) is 25.8 Å². The zero-order valence-electron chi connectivity index (χ0n) is 17.8. The lowest BCUT2D eigenvalue weighted by Gasteiger charge is -2.34. The van der Waals surface area contributed by atoms with Gasteiger partial charge in [-0.05, 0) is 74.9 Å². The Balaban J connectivity index is 1.36. The molecule has 0 aromatic heterocycles. The highest BCUT2D eigenvalue weighted by molar-refractivity contribution is 5.96. The van der Waals surface area contributed by atoms with E-state index < -0.39 is 0 Å². The van der Waals surface area contributed by atoms with E-state index in [9.17, 15) is 4.79 Å². The van der Waals surface area contributed by atoms with Crippen molar-refractivity contribution >= 4 is 11.6 Å². The molecular formula is C26H32N2O2. The maximum Gasteiger partial charge on any atom is 0.227 e. The number of methoxy groups -OCH3 is 1. The maximum atomic E-state index is 13.0. The molecule has 2 aromatic carbocycles. The number of hydrogen-bond donors (Lipinski definition) is 1. The minimum Gasteiger partial charge on any atom is -0.497 e. The minimum atomic E-state index is 0.0888. The molecule has 0 unspecified atom stereocenters. The largest absolute Gasteiger partial charge is 0.497 e. The topological polar surface area (TPSA) is 41.6 Å². The number of nitrogens with zero attached hydrogens (tertiary/aromatic N) is 1. The van der Waals surface area contributed by atoms with Gasteiger partial charge in [-0.2, -0.15) is 0 Å². The molecule has 4 heteroatoms. The summed E-state index contributed by atoms with van der Waals surface area (Å²) < 4.78 is 5.36. The summed E-state index contributed by atoms with van der Waals surface area (Å²) in [5.41, 5.74) is 2.93. The number of para-hydroxylation sites is 1. The molecule has 0 radical (unpaired) electrons. The van der Waals surface area contributed by atoms with Gasteiger partial charge in [-0.25, -0.2) is 0 Å². The molecule has 2 aliphatic rings. The quantitative estimate of drug-likeness (QED) is 0.658. The average Bonchev–Trinajstić information content (AvgIpc) is 2.80. The van der Waals surface area contributed by atoms with Crippen LogP contribution in [0.2, 0.25) is 0 Å². The SMILES string of the molecule is COc1cccc(-c2ccccc2NC(=O)C2CCN(C[C@H]3CC=CCC3)CC2)c1. The van der Waals surface area contributed by atoms with Gasteiger partial charge in [0.1, 0.15) is 5.75 Å². The predicted octanol–water partition coefficient (Wildman–Crippen LogP) is 5.37. The van der Waals surface area contributed by atoms with E-state index in [1.807, 2.05) is 48.5 Å². The smallest absolute Gasteiger partial charge is 0.227 e. The molecule has 1 heterocycles. The number of carbonyl (C=O) groups is 1. The molecule has 1 saturated heterocycles. The second-order valence-electron chi connectivity index (χ2n) is 8.49. The predicted molar refractivity (Wildman–Crippen MR) is 123 cm³/mol. The van der Waals surface area contributed by atoms with Gasteiger partial charge in [0.05, 0.1) is 7.11 Å². The monoisotopic (exact) mass is 404 g/mol. The maximum absolute atomic E-state index is 13.0. The first-order valence-electron chi connectivity index (χ1n) is 11.1. The van der Waals surface area contributed by atoms with E-state index >= 15 is 0 Å². The second kappa shape index (κ2) is 9.94. The van der Waals surface area contributed by atoms with Gasteiger partial charge in [0, 0.05) is 23.7 Å². The molecule has 0 saturated carbocycles. The van der Waals surface area contributed by atoms with Gasteiger partial charge < -0.3 is 15.0 Å². The van der Waals surface area contributed by atoms with Crippen LogP contribution in [0.5, 0.6) is 5.75 Å². The van der Waals surface area contributed by atoms with Crippen LogP contribution in [0, 0.1) is 11.8 Å². The summed E-state index contributed by atoms with van der Waals surface area (Å²) in [4.78, 5) is 15.6. The molecule has 4 nitrogen and oxygen atoms in total. The van der Waals surface area contributed by atoms with Crippen LogP contribution in [0.4, 0.5) is 5.69 Å². The van der Waals surface area contributed by atoms with Crippen LogP contribution >= 0.6 is 0 Å². The van der Waals surface area contributed by atoms with Crippen LogP contribution in [0.1, 0.15) is 32.1 Å². The number of allylic oxidation sites excluding steroid dienone is 2. The average molecular weight is 405 g/mol. The molecule has 0 bridgehead atoms. The lowest BCUT2D eigenvalue weighted by Crippen LogP contribution is -2.40. The van der Waals surface area contributed by atoms with Crippen molar-refractivity contribution in [2.24, 2.45) is 11.8 Å². The van der Waals surface area contributed by atoms with Gasteiger partial charge in [-0.3, -0.25) is 4.79 Å². The van der Waals surface area contributed by atoms with Crippen molar-refractivity contribution in [2.45, 2.75) is 32.1 Å². The van der Waals surface area contributed by atoms with Crippen LogP contribution < -0.4 is 10.1 Å². The molecule has 1 N–H and O–H groups in total. The van der Waals surface area contributed by atoms with Crippen LogP contribution in [0.25, 0.3) is 11.1 Å². The fraction of sp³-hybridized carbons (Fsp3) is 0.423. The molecule has 158 valence electrons. The van der Waals surface area contributed by atoms with Gasteiger partial charge in [-0.1, -0.05) is 42.5 Å². The molecular weight excluding hydrogens is 372 g/mol. The highest BCUT2D eigenvalue weighted by Gasteiger charge is 2.26. The Morgan fingerprint density at radius 3 is 2.67 bits per heavy atom. The molecule has 1 aliphatic carbocycles. The molecule has 1 amide bonds. The Morgan fingerprint density at radius 1 is 1.07 bits per heavy atom. The number of amides is 1. The van der Waals surface area contributed by atoms with Crippen LogP contribution in [-0.2, 0) is 4.79 Å². The Labute approximate surface area is 179 Å². The van der Waals surface area contributed by atoms with Gasteiger partial charge >= 0.3 is 0 Å². The number of benzene rings is 2. The molecule has 1 fully saturated rings. The number of likely N-dealkylation sites (tertiary alicyclic amines) is 1. The zero-order valence-corrected chi connectivity index (χ0v) is 17.8. The van der Waals surface area contributed by atoms with Crippen molar-refractivity contribution in [3.8, 4) is 16.9 Å². The minimum absolute atomic E-state index is 0.0888. The van der Waals surface area contributed by atoms with Crippen molar-refractivity contribution in [1.82, 2.24) is 4.90 Å². The van der Waals surface area contributed by atoms with E-state index in [0.717, 1.165) is 54.4 Å². The lowest BCUT2D eigenvalue weighted by molar-refractivity contribution is -0.121. The van der Waals surface area contributed by atoms with Crippen molar-refractivity contribution in [3.05, 3.63) is 60.7 Å². The first-order valence-corrected chi connectivity index (χ1v) is 11.1. The number of hydrogen-bond acceptors (Lipinski definition) is 3. The van der Waals surface area contributed by atoms with E-state index in [4.69, 9.17) is 4.74 Å². The third kappa shape index (κ3) is 5.11. The third-order valence-electron chi connectivity index (χ3n) is 6.42. The second-order valence-corrected chi connectivity index (χ2v) is 8.49. The number of ether oxygens (including phenoxy) is 1. The highest BCUT2D eigenvalue weighted by atomic mass is 16.5. The molecule has 2 aromatic rings. The number of rotatable bonds is 6. The molecule has 1 atom stereocenters. The van der Waals surface area contributed by atoms with Gasteiger partial charge in [0.2, 0.25) is 5.91 Å². The van der Waals surface area contributed by atoms with Crippen LogP contribution in [-0.4, -0.2) is 37.6 Å². The van der Waals surface area contributed by atoms with Gasteiger partial charge in [-0.15, -0.1) is 0 Å². The Bertz CT molecular complexity index is 884. The van der Waals surface area contributed by atoms with Crippen molar-refractivity contribution in [3.63, 3.8) is 0 Å². The third-order valence-corrected chi connectivity index (χ3v) is 6.42. The summed E-state index contributed by atoms with van der Waals surface area (Å²) in [7, 11) is 1.67. The summed E-state index contributed by atoms with van der Waals surface area (Å²) in [6, 6.07) is 16.0. The summed E-state index contributed by atoms with van der Waals surface area (Å²) in [6.07, 6.45) is 10.2. The Hall–Kier alpha value is -2.59. The Kier molecular flexibility index (Phi) is 6.85. The van der Waals surface area contributed by atoms with E-state index in [1.54, 1.807) is 7.11 Å². The zero-order chi connectivity index (χ0) is 20.8. The highest BCUT2D eigenvalue weighted by Crippen LogP contribution is 2.31. The van der Waals surface area contributed by atoms with E-state index in [0.29, 0.717) is 0 Å². The molecule has 30 heavy (non-hydrogen) atoms. The van der Waals surface area contributed by atoms with E-state index in [-0.39, 0.29) is 11.8 Å². The van der Waals surface area contributed by atoms with Crippen molar-refractivity contribution < 1.29 is 9.53 Å². The summed E-state index contributed by atoms with van der Waals surface area (Å²) >= 11 is 0. The lowest BCUT2D eigenvalue weighted by atomic mass is 9.91. The first-order chi connectivity index (χ1) is 14.7. The first kappa shape index (κ1) is 20.7. The summed E-state index contributed by atoms with van der Waals surface area (Å²) in [5.74, 6) is 1.83. The number of nitrogens with one attached hydrogen (secondary N) is 1. The standard InChI is InChI=1S/C26H32N2O2/c1-30-23-11-7-10-22(18-23)24-12-5-6-13-25(24)27-26(29)21-14-16-28(17-15-21)19-20-8-3-2-4-9-20/h2-3,5-7,10-13,18,20-21H,4,8-9,14-17,19H2,1H3,(H,27,29)/t20-/m0/s1. The molecule has 1 aliphatic heterocycles. The summed E-state index contributed by atoms with van der Waals surface area (Å²) in [6.45, 7) is 3.23. The molecule has 0 spiro atoms. The van der Waals surface area contributed by atoms with E-state index in [2.05, 4.69) is 22.4 Å². The fourth-order valence-corrected chi connectivity index (χ4v) is 4.63. The van der Waals surface area contributed by atoms with Crippen LogP contribution in [0.3, 0.4) is 0 Å². The van der Waals surface area contributed by atoms with Crippen molar-refractivity contribution in [1.29, 1.82) is 0 Å². The van der Waals surface area contributed by atoms with Gasteiger partial charge in [0.15, 0.2) is 0 Å². The fourth-order valence-electron chi connectivity index (χ4n) is 4.63. The number of anilines is 1. The Morgan fingerprint density at radius 2 is 1.90 bits per heavy atom. The number of carbonyl (C=O) groups excluding carboxylic acids is 1. The van der Waals surface area contributed by atoms with Crippen molar-refractivity contribution in [2.75, 3.05) is 32.1 Å². The number of piperidine rings is 1. The van der Waals surface area contributed by atoms with Gasteiger partial charge in [0.25, 0.3) is 0 Å². The summed E-state index contributed by atoms with van der Waals surface area (Å²) in [5, 5.41) is 3.21.